The molecule has 3 aromatic rings. The summed E-state index contributed by atoms with van der Waals surface area (Å²) in [5, 5.41) is 9.87. The van der Waals surface area contributed by atoms with Gasteiger partial charge in [-0.05, 0) is 63.8 Å². The van der Waals surface area contributed by atoms with Gasteiger partial charge in [-0.2, -0.15) is 0 Å². The van der Waals surface area contributed by atoms with Crippen molar-refractivity contribution in [1.82, 2.24) is 19.7 Å². The predicted molar refractivity (Wildman–Crippen MR) is 133 cm³/mol. The molecule has 1 amide bonds. The van der Waals surface area contributed by atoms with Gasteiger partial charge >= 0.3 is 0 Å². The van der Waals surface area contributed by atoms with Crippen LogP contribution in [0.25, 0.3) is 5.69 Å². The van der Waals surface area contributed by atoms with Crippen LogP contribution in [0.1, 0.15) is 32.1 Å². The minimum atomic E-state index is -0.301. The number of hydrogen-bond acceptors (Lipinski definition) is 6. The van der Waals surface area contributed by atoms with Crippen molar-refractivity contribution < 1.29 is 9.18 Å². The molecule has 33 heavy (non-hydrogen) atoms. The van der Waals surface area contributed by atoms with Crippen LogP contribution in [0.3, 0.4) is 0 Å². The molecule has 9 heteroatoms. The number of amides is 1. The maximum atomic E-state index is 13.6. The molecule has 0 radical (unpaired) electrons. The van der Waals surface area contributed by atoms with Crippen LogP contribution in [0.2, 0.25) is 0 Å². The molecule has 1 aliphatic heterocycles. The average Bonchev–Trinajstić information content (AvgIpc) is 3.14. The molecule has 0 spiro atoms. The Morgan fingerprint density at radius 1 is 1.21 bits per heavy atom. The van der Waals surface area contributed by atoms with Gasteiger partial charge in [-0.3, -0.25) is 14.3 Å². The van der Waals surface area contributed by atoms with E-state index < -0.39 is 0 Å². The van der Waals surface area contributed by atoms with Crippen molar-refractivity contribution in [1.29, 1.82) is 0 Å². The van der Waals surface area contributed by atoms with Crippen molar-refractivity contribution in [2.45, 2.75) is 41.6 Å². The minimum Gasteiger partial charge on any atom is -0.311 e. The third kappa shape index (κ3) is 5.26. The van der Waals surface area contributed by atoms with Gasteiger partial charge in [0.25, 0.3) is 0 Å². The van der Waals surface area contributed by atoms with Crippen LogP contribution in [-0.4, -0.2) is 57.2 Å². The molecular weight excluding hydrogens is 457 g/mol. The SMILES string of the molecule is C[C@H](c1nnc(SCC(=O)N2CC[C@H](C)Sc3ccccc32)n1-c1ccc(F)cc1)N(C)C. The zero-order chi connectivity index (χ0) is 23.5. The summed E-state index contributed by atoms with van der Waals surface area (Å²) in [5.41, 5.74) is 1.74. The Morgan fingerprint density at radius 3 is 2.67 bits per heavy atom. The molecule has 4 rings (SSSR count). The highest BCUT2D eigenvalue weighted by molar-refractivity contribution is 8.00. The van der Waals surface area contributed by atoms with Gasteiger partial charge in [0.1, 0.15) is 5.82 Å². The molecule has 2 heterocycles. The number of benzene rings is 2. The number of thioether (sulfide) groups is 2. The largest absolute Gasteiger partial charge is 0.311 e. The second kappa shape index (κ2) is 10.3. The summed E-state index contributed by atoms with van der Waals surface area (Å²) in [7, 11) is 3.95. The van der Waals surface area contributed by atoms with E-state index in [0.29, 0.717) is 17.0 Å². The fourth-order valence-electron chi connectivity index (χ4n) is 3.66. The van der Waals surface area contributed by atoms with Crippen molar-refractivity contribution in [2.24, 2.45) is 0 Å². The van der Waals surface area contributed by atoms with Crippen molar-refractivity contribution in [3.05, 3.63) is 60.2 Å². The molecule has 0 saturated carbocycles. The standard InChI is InChI=1S/C24H28FN5OS2/c1-16-13-14-29(20-7-5-6-8-21(20)33-16)22(31)15-32-24-27-26-23(17(2)28(3)4)30(24)19-11-9-18(25)10-12-19/h5-12,16-17H,13-15H2,1-4H3/t16-,17+/m0/s1. The zero-order valence-electron chi connectivity index (χ0n) is 19.2. The Balaban J connectivity index is 1.60. The van der Waals surface area contributed by atoms with Gasteiger partial charge < -0.3 is 4.90 Å². The summed E-state index contributed by atoms with van der Waals surface area (Å²) in [6.07, 6.45) is 0.937. The van der Waals surface area contributed by atoms with Gasteiger partial charge in [0.2, 0.25) is 5.91 Å². The minimum absolute atomic E-state index is 0.0106. The molecule has 0 bridgehead atoms. The number of carbonyl (C=O) groups is 1. The molecule has 174 valence electrons. The van der Waals surface area contributed by atoms with E-state index >= 15 is 0 Å². The van der Waals surface area contributed by atoms with Crippen LogP contribution < -0.4 is 4.90 Å². The maximum absolute atomic E-state index is 13.6. The smallest absolute Gasteiger partial charge is 0.237 e. The van der Waals surface area contributed by atoms with Crippen LogP contribution >= 0.6 is 23.5 Å². The lowest BCUT2D eigenvalue weighted by atomic mass is 10.2. The highest BCUT2D eigenvalue weighted by atomic mass is 32.2. The highest BCUT2D eigenvalue weighted by Crippen LogP contribution is 2.37. The summed E-state index contributed by atoms with van der Waals surface area (Å²) >= 11 is 3.18. The molecule has 2 aromatic carbocycles. The molecule has 6 nitrogen and oxygen atoms in total. The van der Waals surface area contributed by atoms with Crippen LogP contribution in [0.4, 0.5) is 10.1 Å². The third-order valence-electron chi connectivity index (χ3n) is 5.76. The number of fused-ring (bicyclic) bond motifs is 1. The number of halogens is 1. The fourth-order valence-corrected chi connectivity index (χ4v) is 5.61. The number of carbonyl (C=O) groups excluding carboxylic acids is 1. The Morgan fingerprint density at radius 2 is 1.94 bits per heavy atom. The monoisotopic (exact) mass is 485 g/mol. The van der Waals surface area contributed by atoms with Gasteiger partial charge in [0.15, 0.2) is 11.0 Å². The number of para-hydroxylation sites is 1. The van der Waals surface area contributed by atoms with Crippen LogP contribution in [0.15, 0.2) is 58.6 Å². The number of nitrogens with zero attached hydrogens (tertiary/aromatic N) is 5. The number of anilines is 1. The third-order valence-corrected chi connectivity index (χ3v) is 7.91. The van der Waals surface area contributed by atoms with E-state index in [1.807, 2.05) is 65.3 Å². The van der Waals surface area contributed by atoms with E-state index in [2.05, 4.69) is 23.2 Å². The molecule has 0 aliphatic carbocycles. The number of hydrogen-bond donors (Lipinski definition) is 0. The first kappa shape index (κ1) is 23.8. The molecule has 2 atom stereocenters. The van der Waals surface area contributed by atoms with Crippen molar-refractivity contribution >= 4 is 35.1 Å². The second-order valence-corrected chi connectivity index (χ2v) is 10.7. The first-order chi connectivity index (χ1) is 15.8. The van der Waals surface area contributed by atoms with E-state index in [-0.39, 0.29) is 23.5 Å². The summed E-state index contributed by atoms with van der Waals surface area (Å²) in [6.45, 7) is 4.93. The Labute approximate surface area is 202 Å². The summed E-state index contributed by atoms with van der Waals surface area (Å²) < 4.78 is 15.5. The number of aromatic nitrogens is 3. The lowest BCUT2D eigenvalue weighted by Gasteiger charge is -2.23. The van der Waals surface area contributed by atoms with Gasteiger partial charge in [0.05, 0.1) is 17.5 Å². The van der Waals surface area contributed by atoms with E-state index in [1.54, 1.807) is 12.1 Å². The van der Waals surface area contributed by atoms with Crippen LogP contribution in [0.5, 0.6) is 0 Å². The van der Waals surface area contributed by atoms with Gasteiger partial charge in [-0.15, -0.1) is 22.0 Å². The normalized spacial score (nSPS) is 17.0. The van der Waals surface area contributed by atoms with Crippen LogP contribution in [-0.2, 0) is 4.79 Å². The van der Waals surface area contributed by atoms with Crippen molar-refractivity contribution in [2.75, 3.05) is 31.3 Å². The average molecular weight is 486 g/mol. The lowest BCUT2D eigenvalue weighted by molar-refractivity contribution is -0.116. The predicted octanol–water partition coefficient (Wildman–Crippen LogP) is 5.04. The molecule has 1 aliphatic rings. The molecule has 0 saturated heterocycles. The van der Waals surface area contributed by atoms with Gasteiger partial charge in [0, 0.05) is 22.4 Å². The Hall–Kier alpha value is -2.36. The topological polar surface area (TPSA) is 54.3 Å². The summed E-state index contributed by atoms with van der Waals surface area (Å²) in [4.78, 5) is 18.4. The molecule has 0 N–H and O–H groups in total. The van der Waals surface area contributed by atoms with Gasteiger partial charge in [-0.1, -0.05) is 30.8 Å². The molecule has 0 fully saturated rings. The number of rotatable bonds is 6. The Kier molecular flexibility index (Phi) is 7.41. The highest BCUT2D eigenvalue weighted by Gasteiger charge is 2.26. The lowest BCUT2D eigenvalue weighted by Crippen LogP contribution is -2.33. The second-order valence-electron chi connectivity index (χ2n) is 8.31. The summed E-state index contributed by atoms with van der Waals surface area (Å²) in [6, 6.07) is 14.3. The van der Waals surface area contributed by atoms with Gasteiger partial charge in [-0.25, -0.2) is 4.39 Å². The quantitative estimate of drug-likeness (QED) is 0.456. The summed E-state index contributed by atoms with van der Waals surface area (Å²) in [5.74, 6) is 0.721. The first-order valence-electron chi connectivity index (χ1n) is 10.9. The molecule has 0 unspecified atom stereocenters. The molecular formula is C24H28FN5OS2. The molecule has 1 aromatic heterocycles. The van der Waals surface area contributed by atoms with E-state index in [1.165, 1.54) is 23.9 Å². The van der Waals surface area contributed by atoms with E-state index in [4.69, 9.17) is 0 Å². The van der Waals surface area contributed by atoms with Crippen molar-refractivity contribution in [3.63, 3.8) is 0 Å². The van der Waals surface area contributed by atoms with E-state index in [9.17, 15) is 9.18 Å². The van der Waals surface area contributed by atoms with E-state index in [0.717, 1.165) is 28.5 Å². The fraction of sp³-hybridized carbons (Fsp3) is 0.375. The first-order valence-corrected chi connectivity index (χ1v) is 12.8. The van der Waals surface area contributed by atoms with Crippen LogP contribution in [0, 0.1) is 5.82 Å². The maximum Gasteiger partial charge on any atom is 0.237 e. The zero-order valence-corrected chi connectivity index (χ0v) is 20.9. The van der Waals surface area contributed by atoms with Crippen molar-refractivity contribution in [3.8, 4) is 5.69 Å². The Bertz CT molecular complexity index is 1120.